The fourth-order valence-electron chi connectivity index (χ4n) is 2.49. The van der Waals surface area contributed by atoms with Crippen molar-refractivity contribution in [3.05, 3.63) is 28.8 Å². The highest BCUT2D eigenvalue weighted by Gasteiger charge is 2.30. The Morgan fingerprint density at radius 2 is 2.00 bits per heavy atom. The van der Waals surface area contributed by atoms with E-state index >= 15 is 0 Å². The zero-order valence-corrected chi connectivity index (χ0v) is 15.5. The molecule has 25 heavy (non-hydrogen) atoms. The summed E-state index contributed by atoms with van der Waals surface area (Å²) in [6.07, 6.45) is 3.56. The molecule has 2 rings (SSSR count). The lowest BCUT2D eigenvalue weighted by Gasteiger charge is -2.28. The largest absolute Gasteiger partial charge is 0.381 e. The van der Waals surface area contributed by atoms with Gasteiger partial charge in [-0.05, 0) is 42.9 Å². The van der Waals surface area contributed by atoms with Gasteiger partial charge in [-0.1, -0.05) is 38.3 Å². The van der Waals surface area contributed by atoms with Crippen molar-refractivity contribution < 1.29 is 9.59 Å². The van der Waals surface area contributed by atoms with Crippen molar-refractivity contribution in [2.45, 2.75) is 52.1 Å². The van der Waals surface area contributed by atoms with Gasteiger partial charge >= 0.3 is 0 Å². The molecule has 0 radical (unpaired) electrons. The molecule has 134 valence electrons. The lowest BCUT2D eigenvalue weighted by molar-refractivity contribution is -0.127. The van der Waals surface area contributed by atoms with Crippen LogP contribution in [0.4, 0.5) is 5.69 Å². The molecule has 5 nitrogen and oxygen atoms in total. The number of anilines is 1. The Morgan fingerprint density at radius 3 is 2.48 bits per heavy atom. The van der Waals surface area contributed by atoms with E-state index in [0.29, 0.717) is 16.6 Å². The monoisotopic (exact) mass is 361 g/mol. The Hall–Kier alpha value is -2.19. The van der Waals surface area contributed by atoms with Crippen molar-refractivity contribution in [3.63, 3.8) is 0 Å². The van der Waals surface area contributed by atoms with Crippen LogP contribution in [0, 0.1) is 17.3 Å². The number of rotatable bonds is 4. The van der Waals surface area contributed by atoms with E-state index in [1.54, 1.807) is 6.07 Å². The number of hydrogen-bond acceptors (Lipinski definition) is 3. The molecule has 1 aromatic rings. The average Bonchev–Trinajstić information content (AvgIpc) is 2.46. The predicted molar refractivity (Wildman–Crippen MR) is 100 cm³/mol. The van der Waals surface area contributed by atoms with Crippen molar-refractivity contribution >= 4 is 29.1 Å². The number of primary amides is 1. The minimum atomic E-state index is -0.785. The molecule has 1 aromatic carbocycles. The molecule has 6 heteroatoms. The topological polar surface area (TPSA) is 84.2 Å². The molecule has 0 heterocycles. The van der Waals surface area contributed by atoms with Crippen LogP contribution in [-0.2, 0) is 9.59 Å². The summed E-state index contributed by atoms with van der Waals surface area (Å²) in [5.74, 6) is 4.11. The van der Waals surface area contributed by atoms with Gasteiger partial charge in [-0.25, -0.2) is 0 Å². The highest BCUT2D eigenvalue weighted by Crippen LogP contribution is 2.28. The van der Waals surface area contributed by atoms with Crippen molar-refractivity contribution in [1.29, 1.82) is 0 Å². The van der Waals surface area contributed by atoms with Gasteiger partial charge in [0.2, 0.25) is 5.91 Å². The van der Waals surface area contributed by atoms with E-state index in [9.17, 15) is 9.59 Å². The first-order valence-corrected chi connectivity index (χ1v) is 8.72. The van der Waals surface area contributed by atoms with Crippen molar-refractivity contribution in [2.75, 3.05) is 5.32 Å². The van der Waals surface area contributed by atoms with Gasteiger partial charge in [0.15, 0.2) is 0 Å². The number of nitrogens with one attached hydrogen (secondary N) is 2. The number of hydrogen-bond donors (Lipinski definition) is 3. The van der Waals surface area contributed by atoms with Crippen LogP contribution in [0.1, 0.15) is 45.6 Å². The maximum atomic E-state index is 12.0. The fraction of sp³-hybridized carbons (Fsp3) is 0.474. The predicted octanol–water partition coefficient (Wildman–Crippen LogP) is 2.67. The van der Waals surface area contributed by atoms with Gasteiger partial charge in [-0.2, -0.15) is 0 Å². The molecule has 1 aliphatic carbocycles. The maximum absolute atomic E-state index is 12.0. The van der Waals surface area contributed by atoms with Crippen molar-refractivity contribution in [3.8, 4) is 11.8 Å². The Labute approximate surface area is 153 Å². The van der Waals surface area contributed by atoms with E-state index in [1.165, 1.54) is 6.42 Å². The summed E-state index contributed by atoms with van der Waals surface area (Å²) in [6.45, 7) is 5.47. The molecule has 1 unspecified atom stereocenters. The number of benzene rings is 1. The van der Waals surface area contributed by atoms with Gasteiger partial charge in [0.05, 0.1) is 10.7 Å². The number of nitrogens with two attached hydrogens (primary N) is 1. The Balaban J connectivity index is 2.03. The molecular formula is C19H24ClN3O2. The normalized spacial score (nSPS) is 15.4. The minimum Gasteiger partial charge on any atom is -0.381 e. The molecule has 2 amide bonds. The van der Waals surface area contributed by atoms with Crippen LogP contribution in [0.25, 0.3) is 0 Å². The van der Waals surface area contributed by atoms with Gasteiger partial charge in [-0.3, -0.25) is 9.59 Å². The number of halogens is 1. The summed E-state index contributed by atoms with van der Waals surface area (Å²) in [5.41, 5.74) is 6.37. The van der Waals surface area contributed by atoms with Gasteiger partial charge in [0.1, 0.15) is 6.04 Å². The third-order valence-electron chi connectivity index (χ3n) is 4.18. The molecule has 1 aliphatic rings. The van der Waals surface area contributed by atoms with Gasteiger partial charge in [0.25, 0.3) is 5.91 Å². The van der Waals surface area contributed by atoms with Crippen molar-refractivity contribution in [2.24, 2.45) is 11.1 Å². The van der Waals surface area contributed by atoms with Crippen LogP contribution in [0.2, 0.25) is 5.02 Å². The summed E-state index contributed by atoms with van der Waals surface area (Å²) >= 11 is 6.26. The van der Waals surface area contributed by atoms with E-state index in [0.717, 1.165) is 18.5 Å². The van der Waals surface area contributed by atoms with Crippen LogP contribution in [-0.4, -0.2) is 23.9 Å². The Kier molecular flexibility index (Phi) is 5.97. The van der Waals surface area contributed by atoms with Crippen molar-refractivity contribution in [1.82, 2.24) is 5.32 Å². The molecular weight excluding hydrogens is 338 g/mol. The summed E-state index contributed by atoms with van der Waals surface area (Å²) in [6, 6.07) is 5.10. The maximum Gasteiger partial charge on any atom is 0.296 e. The van der Waals surface area contributed by atoms with Gasteiger partial charge in [0, 0.05) is 17.5 Å². The molecule has 0 aromatic heterocycles. The number of carbonyl (C=O) groups is 2. The molecule has 1 saturated carbocycles. The molecule has 1 fully saturated rings. The minimum absolute atomic E-state index is 0.485. The van der Waals surface area contributed by atoms with E-state index in [1.807, 2.05) is 32.9 Å². The highest BCUT2D eigenvalue weighted by atomic mass is 35.5. The first-order valence-electron chi connectivity index (χ1n) is 8.35. The van der Waals surface area contributed by atoms with E-state index in [-0.39, 0.29) is 0 Å². The average molecular weight is 362 g/mol. The lowest BCUT2D eigenvalue weighted by atomic mass is 9.86. The van der Waals surface area contributed by atoms with Gasteiger partial charge < -0.3 is 16.4 Å². The Morgan fingerprint density at radius 1 is 1.32 bits per heavy atom. The smallest absolute Gasteiger partial charge is 0.296 e. The fourth-order valence-corrected chi connectivity index (χ4v) is 2.73. The third-order valence-corrected chi connectivity index (χ3v) is 4.49. The molecule has 0 spiro atoms. The third kappa shape index (κ3) is 5.40. The van der Waals surface area contributed by atoms with E-state index in [4.69, 9.17) is 17.3 Å². The van der Waals surface area contributed by atoms with Crippen LogP contribution in [0.5, 0.6) is 0 Å². The highest BCUT2D eigenvalue weighted by molar-refractivity contribution is 6.33. The first kappa shape index (κ1) is 19.1. The van der Waals surface area contributed by atoms with E-state index in [2.05, 4.69) is 22.5 Å². The summed E-state index contributed by atoms with van der Waals surface area (Å²) in [7, 11) is 0. The van der Waals surface area contributed by atoms with E-state index < -0.39 is 23.3 Å². The number of amides is 2. The Bertz CT molecular complexity index is 724. The zero-order valence-electron chi connectivity index (χ0n) is 14.8. The number of carbonyl (C=O) groups excluding carboxylic acids is 2. The SMILES string of the molecule is CC(C)(C)C(NC(=O)C#Cc1ccc(NC2CCC2)c(Cl)c1)C(N)=O. The summed E-state index contributed by atoms with van der Waals surface area (Å²) in [4.78, 5) is 23.5. The molecule has 1 atom stereocenters. The van der Waals surface area contributed by atoms with Gasteiger partial charge in [-0.15, -0.1) is 0 Å². The van der Waals surface area contributed by atoms with Crippen LogP contribution < -0.4 is 16.4 Å². The van der Waals surface area contributed by atoms with Crippen LogP contribution in [0.15, 0.2) is 18.2 Å². The molecule has 0 aliphatic heterocycles. The summed E-state index contributed by atoms with van der Waals surface area (Å²) in [5, 5.41) is 6.52. The second kappa shape index (κ2) is 7.79. The standard InChI is InChI=1S/C19H24ClN3O2/c1-19(2,3)17(18(21)25)23-16(24)10-8-12-7-9-15(14(20)11-12)22-13-5-4-6-13/h7,9,11,13,17,22H,4-6H2,1-3H3,(H2,21,25)(H,23,24). The second-order valence-corrected chi connectivity index (χ2v) is 7.80. The van der Waals surface area contributed by atoms with Crippen LogP contribution >= 0.6 is 11.6 Å². The molecule has 0 bridgehead atoms. The summed E-state index contributed by atoms with van der Waals surface area (Å²) < 4.78 is 0. The molecule has 0 saturated heterocycles. The molecule has 4 N–H and O–H groups in total. The second-order valence-electron chi connectivity index (χ2n) is 7.39. The van der Waals surface area contributed by atoms with Crippen LogP contribution in [0.3, 0.4) is 0 Å². The lowest BCUT2D eigenvalue weighted by Crippen LogP contribution is -2.51. The quantitative estimate of drug-likeness (QED) is 0.721. The zero-order chi connectivity index (χ0) is 18.6. The first-order chi connectivity index (χ1) is 11.7.